The summed E-state index contributed by atoms with van der Waals surface area (Å²) >= 11 is 1.64. The lowest BCUT2D eigenvalue weighted by molar-refractivity contribution is 0.119. The fourth-order valence-electron chi connectivity index (χ4n) is 3.63. The number of hydrogen-bond acceptors (Lipinski definition) is 6. The van der Waals surface area contributed by atoms with Crippen molar-refractivity contribution in [2.45, 2.75) is 58.7 Å². The summed E-state index contributed by atoms with van der Waals surface area (Å²) in [6.07, 6.45) is 7.17. The molecule has 0 amide bonds. The second-order valence-corrected chi connectivity index (χ2v) is 8.90. The summed E-state index contributed by atoms with van der Waals surface area (Å²) in [5.41, 5.74) is 2.15. The van der Waals surface area contributed by atoms with Crippen molar-refractivity contribution >= 4 is 47.1 Å². The number of guanidine groups is 1. The number of nitrogens with zero attached hydrogens (tertiary/aromatic N) is 5. The number of methoxy groups -OCH3 is 1. The molecule has 32 heavy (non-hydrogen) atoms. The van der Waals surface area contributed by atoms with Crippen LogP contribution in [0.25, 0.3) is 0 Å². The number of nitrogens with one attached hydrogen (secondary N) is 1. The molecule has 0 saturated carbocycles. The van der Waals surface area contributed by atoms with E-state index in [9.17, 15) is 0 Å². The molecular formula is C23H37IN6OS. The van der Waals surface area contributed by atoms with Gasteiger partial charge >= 0.3 is 0 Å². The largest absolute Gasteiger partial charge is 0.375 e. The molecule has 9 heteroatoms. The van der Waals surface area contributed by atoms with E-state index in [2.05, 4.69) is 39.6 Å². The third-order valence-corrected chi connectivity index (χ3v) is 6.57. The molecule has 1 N–H and O–H groups in total. The second-order valence-electron chi connectivity index (χ2n) is 8.01. The SMILES string of the molecule is CCNC(=NCc1ccc(N2CCCCCC2)nc1)N(C)Cc1csc(C(C)OC)n1.I. The number of aliphatic imine (C=N–C) groups is 1. The number of ether oxygens (including phenoxy) is 1. The molecular weight excluding hydrogens is 535 g/mol. The summed E-state index contributed by atoms with van der Waals surface area (Å²) in [4.78, 5) is 18.7. The van der Waals surface area contributed by atoms with Gasteiger partial charge in [0.15, 0.2) is 5.96 Å². The van der Waals surface area contributed by atoms with Gasteiger partial charge in [0, 0.05) is 45.4 Å². The van der Waals surface area contributed by atoms with Crippen LogP contribution in [0, 0.1) is 0 Å². The Morgan fingerprint density at radius 3 is 2.66 bits per heavy atom. The lowest BCUT2D eigenvalue weighted by atomic mass is 10.2. The van der Waals surface area contributed by atoms with Gasteiger partial charge in [-0.3, -0.25) is 0 Å². The molecule has 1 atom stereocenters. The van der Waals surface area contributed by atoms with Crippen molar-refractivity contribution in [1.82, 2.24) is 20.2 Å². The van der Waals surface area contributed by atoms with Gasteiger partial charge < -0.3 is 19.9 Å². The Morgan fingerprint density at radius 2 is 2.03 bits per heavy atom. The third kappa shape index (κ3) is 7.84. The zero-order valence-corrected chi connectivity index (χ0v) is 22.9. The number of pyridine rings is 1. The van der Waals surface area contributed by atoms with Gasteiger partial charge in [-0.25, -0.2) is 15.0 Å². The van der Waals surface area contributed by atoms with Crippen LogP contribution in [0.1, 0.15) is 61.9 Å². The van der Waals surface area contributed by atoms with E-state index >= 15 is 0 Å². The van der Waals surface area contributed by atoms with Gasteiger partial charge in [-0.15, -0.1) is 35.3 Å². The van der Waals surface area contributed by atoms with E-state index in [1.807, 2.05) is 20.2 Å². The van der Waals surface area contributed by atoms with Gasteiger partial charge in [0.05, 0.1) is 18.8 Å². The first-order chi connectivity index (χ1) is 15.1. The van der Waals surface area contributed by atoms with E-state index in [4.69, 9.17) is 19.7 Å². The Hall–Kier alpha value is -1.46. The third-order valence-electron chi connectivity index (χ3n) is 5.52. The summed E-state index contributed by atoms with van der Waals surface area (Å²) in [5.74, 6) is 1.96. The summed E-state index contributed by atoms with van der Waals surface area (Å²) in [6.45, 7) is 8.45. The van der Waals surface area contributed by atoms with E-state index in [1.165, 1.54) is 25.7 Å². The standard InChI is InChI=1S/C23H36N6OS.HI/c1-5-24-23(28(3)16-20-17-31-22(27-20)18(2)30-4)26-15-19-10-11-21(25-14-19)29-12-8-6-7-9-13-29;/h10-11,14,17-18H,5-9,12-13,15-16H2,1-4H3,(H,24,26);1H. The lowest BCUT2D eigenvalue weighted by Crippen LogP contribution is -2.38. The minimum atomic E-state index is 0. The van der Waals surface area contributed by atoms with Gasteiger partial charge in [-0.2, -0.15) is 0 Å². The molecule has 0 aromatic carbocycles. The van der Waals surface area contributed by atoms with Crippen LogP contribution in [0.2, 0.25) is 0 Å². The average molecular weight is 573 g/mol. The number of rotatable bonds is 8. The molecule has 2 aromatic heterocycles. The van der Waals surface area contributed by atoms with Gasteiger partial charge in [0.2, 0.25) is 0 Å². The van der Waals surface area contributed by atoms with Gasteiger partial charge in [-0.05, 0) is 38.3 Å². The summed E-state index contributed by atoms with van der Waals surface area (Å²) in [7, 11) is 3.75. The monoisotopic (exact) mass is 572 g/mol. The van der Waals surface area contributed by atoms with Gasteiger partial charge in [-0.1, -0.05) is 18.9 Å². The fourth-order valence-corrected chi connectivity index (χ4v) is 4.48. The van der Waals surface area contributed by atoms with Crippen LogP contribution in [0.15, 0.2) is 28.7 Å². The molecule has 7 nitrogen and oxygen atoms in total. The Labute approximate surface area is 213 Å². The Bertz CT molecular complexity index is 820. The Kier molecular flexibility index (Phi) is 11.7. The predicted octanol–water partition coefficient (Wildman–Crippen LogP) is 4.84. The highest BCUT2D eigenvalue weighted by molar-refractivity contribution is 14.0. The summed E-state index contributed by atoms with van der Waals surface area (Å²) in [5, 5.41) is 6.48. The molecule has 2 aromatic rings. The molecule has 0 radical (unpaired) electrons. The first-order valence-electron chi connectivity index (χ1n) is 11.3. The minimum absolute atomic E-state index is 0. The zero-order chi connectivity index (χ0) is 22.1. The van der Waals surface area contributed by atoms with E-state index in [0.29, 0.717) is 13.1 Å². The van der Waals surface area contributed by atoms with Gasteiger partial charge in [0.25, 0.3) is 0 Å². The molecule has 1 aliphatic heterocycles. The molecule has 3 rings (SSSR count). The molecule has 178 valence electrons. The normalized spacial score (nSPS) is 15.6. The first kappa shape index (κ1) is 26.8. The van der Waals surface area contributed by atoms with E-state index in [1.54, 1.807) is 18.4 Å². The molecule has 0 bridgehead atoms. The van der Waals surface area contributed by atoms with Crippen LogP contribution in [0.4, 0.5) is 5.82 Å². The minimum Gasteiger partial charge on any atom is -0.375 e. The first-order valence-corrected chi connectivity index (χ1v) is 12.1. The maximum absolute atomic E-state index is 5.37. The average Bonchev–Trinajstić information content (AvgIpc) is 3.08. The summed E-state index contributed by atoms with van der Waals surface area (Å²) in [6, 6.07) is 4.29. The van der Waals surface area contributed by atoms with E-state index < -0.39 is 0 Å². The maximum Gasteiger partial charge on any atom is 0.194 e. The number of hydrogen-bond donors (Lipinski definition) is 1. The van der Waals surface area contributed by atoms with Crippen LogP contribution in [-0.2, 0) is 17.8 Å². The van der Waals surface area contributed by atoms with Crippen molar-refractivity contribution < 1.29 is 4.74 Å². The number of thiazole rings is 1. The van der Waals surface area contributed by atoms with E-state index in [0.717, 1.165) is 47.7 Å². The van der Waals surface area contributed by atoms with Crippen LogP contribution >= 0.6 is 35.3 Å². The highest BCUT2D eigenvalue weighted by Gasteiger charge is 2.13. The predicted molar refractivity (Wildman–Crippen MR) is 144 cm³/mol. The van der Waals surface area contributed by atoms with Gasteiger partial charge in [0.1, 0.15) is 16.9 Å². The van der Waals surface area contributed by atoms with Crippen molar-refractivity contribution in [3.8, 4) is 0 Å². The molecule has 3 heterocycles. The van der Waals surface area contributed by atoms with Crippen LogP contribution < -0.4 is 10.2 Å². The molecule has 1 unspecified atom stereocenters. The number of halogens is 1. The fraction of sp³-hybridized carbons (Fsp3) is 0.609. The Morgan fingerprint density at radius 1 is 1.28 bits per heavy atom. The van der Waals surface area contributed by atoms with E-state index in [-0.39, 0.29) is 30.1 Å². The van der Waals surface area contributed by atoms with Crippen molar-refractivity contribution in [2.24, 2.45) is 4.99 Å². The smallest absolute Gasteiger partial charge is 0.194 e. The van der Waals surface area contributed by atoms with Crippen molar-refractivity contribution in [3.05, 3.63) is 40.0 Å². The van der Waals surface area contributed by atoms with Crippen LogP contribution in [0.5, 0.6) is 0 Å². The highest BCUT2D eigenvalue weighted by Crippen LogP contribution is 2.21. The molecule has 1 fully saturated rings. The zero-order valence-electron chi connectivity index (χ0n) is 19.7. The van der Waals surface area contributed by atoms with Crippen LogP contribution in [0.3, 0.4) is 0 Å². The quantitative estimate of drug-likeness (QED) is 0.278. The number of aromatic nitrogens is 2. The number of anilines is 1. The Balaban J connectivity index is 0.00000363. The van der Waals surface area contributed by atoms with Crippen LogP contribution in [-0.4, -0.2) is 54.6 Å². The molecule has 0 aliphatic carbocycles. The summed E-state index contributed by atoms with van der Waals surface area (Å²) < 4.78 is 5.37. The van der Waals surface area contributed by atoms with Crippen molar-refractivity contribution in [3.63, 3.8) is 0 Å². The highest BCUT2D eigenvalue weighted by atomic mass is 127. The second kappa shape index (κ2) is 13.9. The van der Waals surface area contributed by atoms with Crippen molar-refractivity contribution in [2.75, 3.05) is 38.7 Å². The molecule has 1 aliphatic rings. The molecule has 1 saturated heterocycles. The van der Waals surface area contributed by atoms with Crippen molar-refractivity contribution in [1.29, 1.82) is 0 Å². The lowest BCUT2D eigenvalue weighted by Gasteiger charge is -2.22. The molecule has 0 spiro atoms. The topological polar surface area (TPSA) is 65.9 Å². The maximum atomic E-state index is 5.37.